The molecule has 3 rings (SSSR count). The van der Waals surface area contributed by atoms with Crippen molar-refractivity contribution in [3.63, 3.8) is 0 Å². The first kappa shape index (κ1) is 21.0. The van der Waals surface area contributed by atoms with Crippen molar-refractivity contribution in [3.05, 3.63) is 52.0 Å². The van der Waals surface area contributed by atoms with Crippen molar-refractivity contribution in [1.82, 2.24) is 4.90 Å². The minimum absolute atomic E-state index is 0.0197. The van der Waals surface area contributed by atoms with Crippen molar-refractivity contribution in [2.75, 3.05) is 44.8 Å². The number of halogens is 1. The van der Waals surface area contributed by atoms with Gasteiger partial charge in [0, 0.05) is 37.4 Å². The molecular formula is C22H24BrN3O3. The molecule has 0 spiro atoms. The molecule has 7 heteroatoms. The first-order valence-corrected chi connectivity index (χ1v) is 10.4. The van der Waals surface area contributed by atoms with E-state index in [-0.39, 0.29) is 5.91 Å². The number of nitrogens with zero attached hydrogens (tertiary/aromatic N) is 3. The number of hydrogen-bond donors (Lipinski definition) is 0. The molecule has 6 nitrogen and oxygen atoms in total. The molecule has 1 aliphatic heterocycles. The summed E-state index contributed by atoms with van der Waals surface area (Å²) in [6.45, 7) is 5.35. The normalized spacial score (nSPS) is 14.1. The number of ether oxygens (including phenoxy) is 2. The summed E-state index contributed by atoms with van der Waals surface area (Å²) in [6, 6.07) is 13.2. The van der Waals surface area contributed by atoms with Crippen LogP contribution in [-0.4, -0.2) is 50.7 Å². The minimum Gasteiger partial charge on any atom is -0.493 e. The van der Waals surface area contributed by atoms with Crippen LogP contribution in [0, 0.1) is 11.3 Å². The van der Waals surface area contributed by atoms with E-state index in [1.165, 1.54) is 0 Å². The molecule has 1 saturated heterocycles. The van der Waals surface area contributed by atoms with Gasteiger partial charge in [-0.25, -0.2) is 0 Å². The highest BCUT2D eigenvalue weighted by atomic mass is 79.9. The topological polar surface area (TPSA) is 65.8 Å². The lowest BCUT2D eigenvalue weighted by Crippen LogP contribution is -2.35. The van der Waals surface area contributed by atoms with Crippen molar-refractivity contribution < 1.29 is 14.3 Å². The van der Waals surface area contributed by atoms with Crippen molar-refractivity contribution >= 4 is 27.5 Å². The molecule has 0 unspecified atom stereocenters. The Kier molecular flexibility index (Phi) is 6.99. The summed E-state index contributed by atoms with van der Waals surface area (Å²) < 4.78 is 11.7. The molecule has 0 radical (unpaired) electrons. The third-order valence-electron chi connectivity index (χ3n) is 4.91. The maximum atomic E-state index is 13.1. The molecule has 0 aromatic heterocycles. The average Bonchev–Trinajstić information content (AvgIpc) is 3.01. The highest BCUT2D eigenvalue weighted by Gasteiger charge is 2.23. The first-order valence-electron chi connectivity index (χ1n) is 9.62. The number of carbonyl (C=O) groups is 1. The van der Waals surface area contributed by atoms with E-state index >= 15 is 0 Å². The summed E-state index contributed by atoms with van der Waals surface area (Å²) in [5, 5.41) is 8.96. The molecular weight excluding hydrogens is 434 g/mol. The van der Waals surface area contributed by atoms with Gasteiger partial charge in [0.2, 0.25) is 0 Å². The lowest BCUT2D eigenvalue weighted by Gasteiger charge is -2.24. The SMILES string of the molecule is CCOc1c(Br)cc(C(=O)N2CCCN(c3ccc(C#N)cc3)CC2)cc1OC. The van der Waals surface area contributed by atoms with Crippen LogP contribution in [0.5, 0.6) is 11.5 Å². The Hall–Kier alpha value is -2.72. The van der Waals surface area contributed by atoms with Crippen LogP contribution in [0.2, 0.25) is 0 Å². The molecule has 0 bridgehead atoms. The van der Waals surface area contributed by atoms with E-state index in [0.717, 1.165) is 25.2 Å². The van der Waals surface area contributed by atoms with E-state index in [4.69, 9.17) is 14.7 Å². The highest BCUT2D eigenvalue weighted by molar-refractivity contribution is 9.10. The molecule has 152 valence electrons. The molecule has 29 heavy (non-hydrogen) atoms. The molecule has 1 amide bonds. The predicted molar refractivity (Wildman–Crippen MR) is 116 cm³/mol. The molecule has 2 aromatic rings. The number of anilines is 1. The van der Waals surface area contributed by atoms with Gasteiger partial charge in [-0.3, -0.25) is 4.79 Å². The number of methoxy groups -OCH3 is 1. The van der Waals surface area contributed by atoms with Gasteiger partial charge in [-0.2, -0.15) is 5.26 Å². The van der Waals surface area contributed by atoms with Crippen LogP contribution in [0.25, 0.3) is 0 Å². The van der Waals surface area contributed by atoms with Gasteiger partial charge in [-0.1, -0.05) is 0 Å². The first-order chi connectivity index (χ1) is 14.1. The molecule has 0 saturated carbocycles. The summed E-state index contributed by atoms with van der Waals surface area (Å²) in [5.41, 5.74) is 2.29. The lowest BCUT2D eigenvalue weighted by molar-refractivity contribution is 0.0766. The van der Waals surface area contributed by atoms with E-state index in [1.807, 2.05) is 36.1 Å². The number of carbonyl (C=O) groups excluding carboxylic acids is 1. The van der Waals surface area contributed by atoms with Gasteiger partial charge in [-0.05, 0) is 65.7 Å². The summed E-state index contributed by atoms with van der Waals surface area (Å²) in [4.78, 5) is 17.3. The number of nitriles is 1. The molecule has 1 heterocycles. The van der Waals surface area contributed by atoms with Crippen LogP contribution < -0.4 is 14.4 Å². The zero-order chi connectivity index (χ0) is 20.8. The Morgan fingerprint density at radius 3 is 2.59 bits per heavy atom. The van der Waals surface area contributed by atoms with E-state index in [0.29, 0.717) is 46.8 Å². The van der Waals surface area contributed by atoms with Crippen LogP contribution in [0.15, 0.2) is 40.9 Å². The highest BCUT2D eigenvalue weighted by Crippen LogP contribution is 2.37. The fourth-order valence-electron chi connectivity index (χ4n) is 3.44. The lowest BCUT2D eigenvalue weighted by atomic mass is 10.1. The molecule has 0 atom stereocenters. The summed E-state index contributed by atoms with van der Waals surface area (Å²) in [5.74, 6) is 1.13. The van der Waals surface area contributed by atoms with Crippen molar-refractivity contribution in [1.29, 1.82) is 5.26 Å². The average molecular weight is 458 g/mol. The van der Waals surface area contributed by atoms with Crippen molar-refractivity contribution in [2.45, 2.75) is 13.3 Å². The molecule has 1 fully saturated rings. The van der Waals surface area contributed by atoms with E-state index in [9.17, 15) is 4.79 Å². The van der Waals surface area contributed by atoms with E-state index in [1.54, 1.807) is 19.2 Å². The second-order valence-electron chi connectivity index (χ2n) is 6.71. The Balaban J connectivity index is 1.73. The number of benzene rings is 2. The van der Waals surface area contributed by atoms with Gasteiger partial charge in [0.25, 0.3) is 5.91 Å². The molecule has 0 aliphatic carbocycles. The third-order valence-corrected chi connectivity index (χ3v) is 5.50. The van der Waals surface area contributed by atoms with E-state index in [2.05, 4.69) is 26.9 Å². The summed E-state index contributed by atoms with van der Waals surface area (Å²) in [6.07, 6.45) is 0.876. The standard InChI is InChI=1S/C22H24BrN3O3/c1-3-29-21-19(23)13-17(14-20(21)28-2)22(27)26-10-4-9-25(11-12-26)18-7-5-16(15-24)6-8-18/h5-8,13-14H,3-4,9-12H2,1-2H3. The van der Waals surface area contributed by atoms with Crippen LogP contribution in [0.4, 0.5) is 5.69 Å². The van der Waals surface area contributed by atoms with Gasteiger partial charge >= 0.3 is 0 Å². The Morgan fingerprint density at radius 2 is 1.93 bits per heavy atom. The van der Waals surface area contributed by atoms with Crippen LogP contribution in [0.1, 0.15) is 29.3 Å². The van der Waals surface area contributed by atoms with Gasteiger partial charge in [0.15, 0.2) is 11.5 Å². The minimum atomic E-state index is -0.0197. The number of hydrogen-bond acceptors (Lipinski definition) is 5. The van der Waals surface area contributed by atoms with Gasteiger partial charge in [0.1, 0.15) is 0 Å². The van der Waals surface area contributed by atoms with Crippen molar-refractivity contribution in [3.8, 4) is 17.6 Å². The maximum Gasteiger partial charge on any atom is 0.254 e. The number of amides is 1. The zero-order valence-corrected chi connectivity index (χ0v) is 18.2. The predicted octanol–water partition coefficient (Wildman–Crippen LogP) is 4.08. The van der Waals surface area contributed by atoms with Crippen molar-refractivity contribution in [2.24, 2.45) is 0 Å². The fourth-order valence-corrected chi connectivity index (χ4v) is 3.99. The van der Waals surface area contributed by atoms with Gasteiger partial charge < -0.3 is 19.3 Å². The van der Waals surface area contributed by atoms with E-state index < -0.39 is 0 Å². The maximum absolute atomic E-state index is 13.1. The Bertz CT molecular complexity index is 909. The fraction of sp³-hybridized carbons (Fsp3) is 0.364. The Morgan fingerprint density at radius 1 is 1.17 bits per heavy atom. The molecule has 0 N–H and O–H groups in total. The second-order valence-corrected chi connectivity index (χ2v) is 7.57. The van der Waals surface area contributed by atoms with Crippen LogP contribution in [-0.2, 0) is 0 Å². The third kappa shape index (κ3) is 4.83. The van der Waals surface area contributed by atoms with Gasteiger partial charge in [0.05, 0.1) is 29.8 Å². The van der Waals surface area contributed by atoms with Gasteiger partial charge in [-0.15, -0.1) is 0 Å². The summed E-state index contributed by atoms with van der Waals surface area (Å²) in [7, 11) is 1.57. The largest absolute Gasteiger partial charge is 0.493 e. The quantitative estimate of drug-likeness (QED) is 0.676. The zero-order valence-electron chi connectivity index (χ0n) is 16.7. The van der Waals surface area contributed by atoms with Crippen LogP contribution >= 0.6 is 15.9 Å². The molecule has 2 aromatic carbocycles. The Labute approximate surface area is 179 Å². The summed E-state index contributed by atoms with van der Waals surface area (Å²) >= 11 is 3.49. The monoisotopic (exact) mass is 457 g/mol. The second kappa shape index (κ2) is 9.66. The smallest absolute Gasteiger partial charge is 0.254 e. The number of rotatable bonds is 5. The molecule has 1 aliphatic rings. The van der Waals surface area contributed by atoms with Crippen LogP contribution in [0.3, 0.4) is 0 Å².